The maximum absolute atomic E-state index is 13.0. The second-order valence-electron chi connectivity index (χ2n) is 3.79. The van der Waals surface area contributed by atoms with Gasteiger partial charge in [0, 0.05) is 22.8 Å². The van der Waals surface area contributed by atoms with Gasteiger partial charge in [-0.3, -0.25) is 4.40 Å². The molecule has 0 N–H and O–H groups in total. The Morgan fingerprint density at radius 2 is 2.12 bits per heavy atom. The van der Waals surface area contributed by atoms with Crippen molar-refractivity contribution in [3.05, 3.63) is 53.7 Å². The summed E-state index contributed by atoms with van der Waals surface area (Å²) in [5.41, 5.74) is 2.84. The van der Waals surface area contributed by atoms with Crippen LogP contribution in [0.1, 0.15) is 5.56 Å². The van der Waals surface area contributed by atoms with Crippen molar-refractivity contribution >= 4 is 34.1 Å². The van der Waals surface area contributed by atoms with E-state index >= 15 is 0 Å². The van der Waals surface area contributed by atoms with Crippen molar-refractivity contribution in [3.8, 4) is 0 Å². The molecular weight excluding hydrogens is 239 g/mol. The summed E-state index contributed by atoms with van der Waals surface area (Å²) in [4.78, 5) is 4.39. The van der Waals surface area contributed by atoms with Gasteiger partial charge in [-0.25, -0.2) is 9.37 Å². The third-order valence-electron chi connectivity index (χ3n) is 2.68. The molecule has 1 aromatic carbocycles. The molecule has 3 rings (SSSR count). The van der Waals surface area contributed by atoms with Crippen molar-refractivity contribution in [3.63, 3.8) is 0 Å². The summed E-state index contributed by atoms with van der Waals surface area (Å²) in [5.74, 6) is -0.456. The van der Waals surface area contributed by atoms with Crippen molar-refractivity contribution in [1.82, 2.24) is 9.38 Å². The van der Waals surface area contributed by atoms with Crippen LogP contribution in [0.4, 0.5) is 4.39 Å². The first-order valence-corrected chi connectivity index (χ1v) is 5.45. The van der Waals surface area contributed by atoms with Crippen molar-refractivity contribution in [1.29, 1.82) is 0 Å². The molecule has 0 unspecified atom stereocenters. The lowest BCUT2D eigenvalue weighted by Gasteiger charge is -1.97. The highest BCUT2D eigenvalue weighted by atomic mass is 35.5. The fourth-order valence-electron chi connectivity index (χ4n) is 1.86. The lowest BCUT2D eigenvalue weighted by molar-refractivity contribution is 0.763. The number of halogens is 2. The summed E-state index contributed by atoms with van der Waals surface area (Å²) >= 11 is 5.90. The SMILES string of the molecule is C=C(F)c1ccc2c(c1)nc1cc(Cl)ccn12. The monoisotopic (exact) mass is 246 g/mol. The van der Waals surface area contributed by atoms with Gasteiger partial charge in [0.2, 0.25) is 0 Å². The van der Waals surface area contributed by atoms with Crippen LogP contribution in [0.2, 0.25) is 5.02 Å². The number of benzene rings is 1. The topological polar surface area (TPSA) is 17.3 Å². The zero-order chi connectivity index (χ0) is 12.0. The molecule has 17 heavy (non-hydrogen) atoms. The lowest BCUT2D eigenvalue weighted by atomic mass is 10.2. The Kier molecular flexibility index (Phi) is 2.16. The van der Waals surface area contributed by atoms with Crippen LogP contribution in [0.25, 0.3) is 22.5 Å². The average molecular weight is 247 g/mol. The third-order valence-corrected chi connectivity index (χ3v) is 2.91. The molecule has 0 aliphatic carbocycles. The predicted molar refractivity (Wildman–Crippen MR) is 67.9 cm³/mol. The Labute approximate surface area is 102 Å². The van der Waals surface area contributed by atoms with Gasteiger partial charge in [-0.15, -0.1) is 0 Å². The second-order valence-corrected chi connectivity index (χ2v) is 4.23. The Bertz CT molecular complexity index is 746. The van der Waals surface area contributed by atoms with Gasteiger partial charge >= 0.3 is 0 Å². The molecule has 0 fully saturated rings. The van der Waals surface area contributed by atoms with Crippen molar-refractivity contribution in [2.24, 2.45) is 0 Å². The van der Waals surface area contributed by atoms with Gasteiger partial charge in [-0.05, 0) is 24.3 Å². The summed E-state index contributed by atoms with van der Waals surface area (Å²) < 4.78 is 14.9. The molecule has 2 nitrogen and oxygen atoms in total. The number of nitrogens with zero attached hydrogens (tertiary/aromatic N) is 2. The van der Waals surface area contributed by atoms with Crippen LogP contribution in [0.3, 0.4) is 0 Å². The van der Waals surface area contributed by atoms with Crippen LogP contribution >= 0.6 is 11.6 Å². The molecule has 4 heteroatoms. The molecule has 3 aromatic rings. The van der Waals surface area contributed by atoms with E-state index in [2.05, 4.69) is 11.6 Å². The average Bonchev–Trinajstić information content (AvgIpc) is 2.64. The minimum atomic E-state index is -0.456. The fourth-order valence-corrected chi connectivity index (χ4v) is 2.02. The highest BCUT2D eigenvalue weighted by Crippen LogP contribution is 2.23. The highest BCUT2D eigenvalue weighted by molar-refractivity contribution is 6.30. The Hall–Kier alpha value is -1.87. The number of fused-ring (bicyclic) bond motifs is 3. The van der Waals surface area contributed by atoms with E-state index in [1.165, 1.54) is 0 Å². The number of hydrogen-bond acceptors (Lipinski definition) is 1. The van der Waals surface area contributed by atoms with E-state index in [0.29, 0.717) is 10.6 Å². The smallest absolute Gasteiger partial charge is 0.139 e. The first-order valence-electron chi connectivity index (χ1n) is 5.07. The standard InChI is InChI=1S/C13H8ClFN2/c1-8(15)9-2-3-12-11(6-9)16-13-7-10(14)4-5-17(12)13/h2-7H,1H2. The van der Waals surface area contributed by atoms with Gasteiger partial charge < -0.3 is 0 Å². The first kappa shape index (κ1) is 10.3. The van der Waals surface area contributed by atoms with Gasteiger partial charge in [-0.2, -0.15) is 0 Å². The summed E-state index contributed by atoms with van der Waals surface area (Å²) in [6, 6.07) is 8.75. The van der Waals surface area contributed by atoms with Gasteiger partial charge in [0.25, 0.3) is 0 Å². The summed E-state index contributed by atoms with van der Waals surface area (Å²) in [6.45, 7) is 3.28. The summed E-state index contributed by atoms with van der Waals surface area (Å²) in [6.07, 6.45) is 1.84. The number of imidazole rings is 1. The van der Waals surface area contributed by atoms with Crippen LogP contribution in [-0.4, -0.2) is 9.38 Å². The highest BCUT2D eigenvalue weighted by Gasteiger charge is 2.06. The van der Waals surface area contributed by atoms with Crippen LogP contribution in [-0.2, 0) is 0 Å². The molecule has 0 aliphatic rings. The zero-order valence-electron chi connectivity index (χ0n) is 8.82. The van der Waals surface area contributed by atoms with Crippen molar-refractivity contribution < 1.29 is 4.39 Å². The third kappa shape index (κ3) is 1.59. The summed E-state index contributed by atoms with van der Waals surface area (Å²) in [5, 5.41) is 0.628. The molecule has 0 spiro atoms. The fraction of sp³-hybridized carbons (Fsp3) is 0. The molecule has 0 radical (unpaired) electrons. The van der Waals surface area contributed by atoms with E-state index in [1.807, 2.05) is 16.7 Å². The Morgan fingerprint density at radius 1 is 1.29 bits per heavy atom. The number of aromatic nitrogens is 2. The molecule has 2 heterocycles. The number of pyridine rings is 1. The van der Waals surface area contributed by atoms with Gasteiger partial charge in [-0.1, -0.05) is 18.2 Å². The maximum atomic E-state index is 13.0. The van der Waals surface area contributed by atoms with Crippen molar-refractivity contribution in [2.45, 2.75) is 0 Å². The molecule has 0 atom stereocenters. The molecule has 0 amide bonds. The summed E-state index contributed by atoms with van der Waals surface area (Å²) in [7, 11) is 0. The quantitative estimate of drug-likeness (QED) is 0.632. The van der Waals surface area contributed by atoms with Crippen molar-refractivity contribution in [2.75, 3.05) is 0 Å². The van der Waals surface area contributed by atoms with Crippen LogP contribution in [0.5, 0.6) is 0 Å². The minimum Gasteiger partial charge on any atom is -0.300 e. The number of rotatable bonds is 1. The Balaban J connectivity index is 2.38. The lowest BCUT2D eigenvalue weighted by Crippen LogP contribution is -1.83. The van der Waals surface area contributed by atoms with Crippen LogP contribution < -0.4 is 0 Å². The largest absolute Gasteiger partial charge is 0.300 e. The van der Waals surface area contributed by atoms with Crippen LogP contribution in [0.15, 0.2) is 43.1 Å². The van der Waals surface area contributed by atoms with Gasteiger partial charge in [0.05, 0.1) is 11.0 Å². The van der Waals surface area contributed by atoms with E-state index in [0.717, 1.165) is 16.7 Å². The zero-order valence-corrected chi connectivity index (χ0v) is 9.58. The van der Waals surface area contributed by atoms with Gasteiger partial charge in [0.1, 0.15) is 11.5 Å². The predicted octanol–water partition coefficient (Wildman–Crippen LogP) is 4.08. The van der Waals surface area contributed by atoms with E-state index in [9.17, 15) is 4.39 Å². The van der Waals surface area contributed by atoms with E-state index in [-0.39, 0.29) is 0 Å². The van der Waals surface area contributed by atoms with Gasteiger partial charge in [0.15, 0.2) is 0 Å². The number of hydrogen-bond donors (Lipinski definition) is 0. The molecule has 0 bridgehead atoms. The van der Waals surface area contributed by atoms with E-state index in [1.54, 1.807) is 24.3 Å². The molecule has 0 saturated heterocycles. The Morgan fingerprint density at radius 3 is 2.88 bits per heavy atom. The second kappa shape index (κ2) is 3.57. The van der Waals surface area contributed by atoms with E-state index < -0.39 is 5.83 Å². The van der Waals surface area contributed by atoms with E-state index in [4.69, 9.17) is 11.6 Å². The molecule has 84 valence electrons. The normalized spacial score (nSPS) is 11.2. The molecule has 2 aromatic heterocycles. The molecular formula is C13H8ClFN2. The van der Waals surface area contributed by atoms with Crippen LogP contribution in [0, 0.1) is 0 Å². The molecule has 0 aliphatic heterocycles. The minimum absolute atomic E-state index is 0.451. The maximum Gasteiger partial charge on any atom is 0.139 e. The first-order chi connectivity index (χ1) is 8.15. The molecule has 0 saturated carbocycles.